The van der Waals surface area contributed by atoms with Gasteiger partial charge < -0.3 is 30.9 Å². The number of benzene rings is 2. The van der Waals surface area contributed by atoms with Gasteiger partial charge in [-0.1, -0.05) is 64.1 Å². The highest BCUT2D eigenvalue weighted by atomic mass is 16.5. The summed E-state index contributed by atoms with van der Waals surface area (Å²) in [6.07, 6.45) is -2.25. The van der Waals surface area contributed by atoms with Gasteiger partial charge in [0.05, 0.1) is 0 Å². The van der Waals surface area contributed by atoms with Crippen LogP contribution in [0.4, 0.5) is 4.79 Å². The summed E-state index contributed by atoms with van der Waals surface area (Å²) in [5.41, 5.74) is 6.19. The second-order valence-corrected chi connectivity index (χ2v) is 10.2. The molecule has 0 aromatic heterocycles. The van der Waals surface area contributed by atoms with Gasteiger partial charge in [-0.3, -0.25) is 24.5 Å². The Bertz CT molecular complexity index is 1200. The Hall–Kier alpha value is -4.45. The van der Waals surface area contributed by atoms with Crippen molar-refractivity contribution < 1.29 is 38.6 Å². The number of carbonyl (C=O) groups is 5. The lowest BCUT2D eigenvalue weighted by atomic mass is 10.00. The summed E-state index contributed by atoms with van der Waals surface area (Å²) >= 11 is 0. The number of imide groups is 1. The van der Waals surface area contributed by atoms with Crippen LogP contribution in [0.2, 0.25) is 0 Å². The Balaban J connectivity index is 1.96. The Morgan fingerprint density at radius 1 is 0.878 bits per heavy atom. The third-order valence-corrected chi connectivity index (χ3v) is 5.85. The summed E-state index contributed by atoms with van der Waals surface area (Å²) in [5.74, 6) is -3.41. The maximum absolute atomic E-state index is 13.1. The zero-order valence-electron chi connectivity index (χ0n) is 23.6. The number of amides is 5. The van der Waals surface area contributed by atoms with Crippen LogP contribution in [0.1, 0.15) is 50.0 Å². The highest BCUT2D eigenvalue weighted by Gasteiger charge is 2.31. The van der Waals surface area contributed by atoms with Crippen LogP contribution in [0.3, 0.4) is 0 Å². The molecule has 6 N–H and O–H groups in total. The average molecular weight is 571 g/mol. The van der Waals surface area contributed by atoms with E-state index >= 15 is 0 Å². The van der Waals surface area contributed by atoms with Gasteiger partial charge in [0.15, 0.2) is 6.10 Å². The Morgan fingerprint density at radius 3 is 2.17 bits per heavy atom. The summed E-state index contributed by atoms with van der Waals surface area (Å²) in [4.78, 5) is 62.2. The first kappa shape index (κ1) is 32.8. The highest BCUT2D eigenvalue weighted by molar-refractivity contribution is 6.01. The maximum atomic E-state index is 13.1. The zero-order chi connectivity index (χ0) is 30.5. The molecule has 2 aromatic rings. The van der Waals surface area contributed by atoms with Gasteiger partial charge in [-0.25, -0.2) is 4.79 Å². The molecule has 41 heavy (non-hydrogen) atoms. The van der Waals surface area contributed by atoms with Crippen LogP contribution in [0, 0.1) is 11.8 Å². The molecule has 0 fully saturated rings. The molecule has 12 nitrogen and oxygen atoms in total. The van der Waals surface area contributed by atoms with E-state index in [-0.39, 0.29) is 30.3 Å². The minimum atomic E-state index is -1.73. The summed E-state index contributed by atoms with van der Waals surface area (Å²) in [6.45, 7) is 6.58. The van der Waals surface area contributed by atoms with E-state index < -0.39 is 60.4 Å². The van der Waals surface area contributed by atoms with Gasteiger partial charge in [-0.2, -0.15) is 0 Å². The number of ether oxygens (including phenoxy) is 2. The Labute approximate surface area is 239 Å². The fourth-order valence-corrected chi connectivity index (χ4v) is 3.67. The van der Waals surface area contributed by atoms with E-state index in [1.165, 1.54) is 24.3 Å². The van der Waals surface area contributed by atoms with Crippen molar-refractivity contribution >= 4 is 29.7 Å². The number of rotatable bonds is 14. The molecule has 0 aliphatic carbocycles. The summed E-state index contributed by atoms with van der Waals surface area (Å²) < 4.78 is 10.6. The predicted molar refractivity (Wildman–Crippen MR) is 149 cm³/mol. The van der Waals surface area contributed by atoms with E-state index in [1.807, 2.05) is 32.0 Å². The minimum Gasteiger partial charge on any atom is -0.490 e. The molecule has 0 radical (unpaired) electrons. The zero-order valence-corrected chi connectivity index (χ0v) is 23.6. The number of alkyl carbamates (subject to hydrolysis) is 1. The molecule has 2 aromatic carbocycles. The lowest BCUT2D eigenvalue weighted by Crippen LogP contribution is -2.57. The molecule has 222 valence electrons. The summed E-state index contributed by atoms with van der Waals surface area (Å²) in [6, 6.07) is 12.7. The average Bonchev–Trinajstić information content (AvgIpc) is 2.93. The predicted octanol–water partition coefficient (Wildman–Crippen LogP) is 1.65. The first-order valence-corrected chi connectivity index (χ1v) is 13.2. The molecule has 0 aliphatic heterocycles. The number of nitrogens with two attached hydrogens (primary N) is 1. The molecule has 2 rings (SSSR count). The molecule has 0 saturated carbocycles. The third-order valence-electron chi connectivity index (χ3n) is 5.85. The van der Waals surface area contributed by atoms with E-state index in [4.69, 9.17) is 15.2 Å². The number of aliphatic hydroxyl groups excluding tert-OH is 1. The van der Waals surface area contributed by atoms with Crippen molar-refractivity contribution in [2.45, 2.75) is 58.9 Å². The van der Waals surface area contributed by atoms with Crippen molar-refractivity contribution in [2.75, 3.05) is 6.61 Å². The molecular formula is C29H38N4O8. The SMILES string of the molecule is CC(C)C[C@H](NC(=O)OCc1ccccc1)C(=O)N[C@H](C(=O)NC(=O)C(O)COc1cccc(C(N)=O)c1)C(C)C. The molecule has 0 saturated heterocycles. The van der Waals surface area contributed by atoms with Crippen LogP contribution in [-0.2, 0) is 25.7 Å². The van der Waals surface area contributed by atoms with Crippen molar-refractivity contribution in [3.05, 3.63) is 65.7 Å². The fraction of sp³-hybridized carbons (Fsp3) is 0.414. The van der Waals surface area contributed by atoms with Crippen LogP contribution in [0.25, 0.3) is 0 Å². The van der Waals surface area contributed by atoms with Crippen LogP contribution < -0.4 is 26.4 Å². The molecule has 12 heteroatoms. The molecule has 0 aliphatic rings. The smallest absolute Gasteiger partial charge is 0.408 e. The van der Waals surface area contributed by atoms with Crippen molar-refractivity contribution in [1.82, 2.24) is 16.0 Å². The highest BCUT2D eigenvalue weighted by Crippen LogP contribution is 2.13. The monoisotopic (exact) mass is 570 g/mol. The number of aliphatic hydroxyl groups is 1. The maximum Gasteiger partial charge on any atom is 0.408 e. The second kappa shape index (κ2) is 16.0. The number of primary amides is 1. The van der Waals surface area contributed by atoms with Gasteiger partial charge in [0.25, 0.3) is 5.91 Å². The van der Waals surface area contributed by atoms with Crippen molar-refractivity contribution in [3.63, 3.8) is 0 Å². The molecular weight excluding hydrogens is 532 g/mol. The van der Waals surface area contributed by atoms with Crippen LogP contribution in [-0.4, -0.2) is 59.6 Å². The van der Waals surface area contributed by atoms with Gasteiger partial charge in [-0.15, -0.1) is 0 Å². The molecule has 5 amide bonds. The molecule has 0 bridgehead atoms. The van der Waals surface area contributed by atoms with E-state index in [0.29, 0.717) is 0 Å². The van der Waals surface area contributed by atoms with Crippen LogP contribution in [0.15, 0.2) is 54.6 Å². The van der Waals surface area contributed by atoms with Gasteiger partial charge in [0.1, 0.15) is 31.0 Å². The number of carbonyl (C=O) groups excluding carboxylic acids is 5. The van der Waals surface area contributed by atoms with E-state index in [1.54, 1.807) is 26.0 Å². The molecule has 3 atom stereocenters. The van der Waals surface area contributed by atoms with E-state index in [2.05, 4.69) is 16.0 Å². The largest absolute Gasteiger partial charge is 0.490 e. The summed E-state index contributed by atoms with van der Waals surface area (Å²) in [5, 5.41) is 17.4. The van der Waals surface area contributed by atoms with Crippen molar-refractivity contribution in [2.24, 2.45) is 17.6 Å². The third kappa shape index (κ3) is 11.3. The Kier molecular flexibility index (Phi) is 12.8. The van der Waals surface area contributed by atoms with Crippen LogP contribution in [0.5, 0.6) is 5.75 Å². The fourth-order valence-electron chi connectivity index (χ4n) is 3.67. The van der Waals surface area contributed by atoms with Crippen molar-refractivity contribution in [3.8, 4) is 5.75 Å². The van der Waals surface area contributed by atoms with E-state index in [0.717, 1.165) is 5.56 Å². The minimum absolute atomic E-state index is 0.0183. The molecule has 1 unspecified atom stereocenters. The molecule has 0 heterocycles. The topological polar surface area (TPSA) is 186 Å². The quantitative estimate of drug-likeness (QED) is 0.227. The Morgan fingerprint density at radius 2 is 1.56 bits per heavy atom. The summed E-state index contributed by atoms with van der Waals surface area (Å²) in [7, 11) is 0. The first-order chi connectivity index (χ1) is 19.4. The number of hydrogen-bond acceptors (Lipinski definition) is 8. The van der Waals surface area contributed by atoms with E-state index in [9.17, 15) is 29.1 Å². The van der Waals surface area contributed by atoms with Gasteiger partial charge in [-0.05, 0) is 42.0 Å². The second-order valence-electron chi connectivity index (χ2n) is 10.2. The lowest BCUT2D eigenvalue weighted by molar-refractivity contribution is -0.139. The van der Waals surface area contributed by atoms with Gasteiger partial charge in [0, 0.05) is 5.56 Å². The lowest BCUT2D eigenvalue weighted by Gasteiger charge is -2.26. The normalized spacial score (nSPS) is 13.0. The van der Waals surface area contributed by atoms with Crippen molar-refractivity contribution in [1.29, 1.82) is 0 Å². The van der Waals surface area contributed by atoms with Crippen LogP contribution >= 0.6 is 0 Å². The molecule has 0 spiro atoms. The standard InChI is InChI=1S/C29H38N4O8/c1-17(2)13-22(31-29(39)41-15-19-9-6-5-7-10-19)26(36)32-24(18(3)4)28(38)33-27(37)23(34)16-40-21-12-8-11-20(14-21)25(30)35/h5-12,14,17-18,22-24,34H,13,15-16H2,1-4H3,(H2,30,35)(H,31,39)(H,32,36)(H,33,37,38)/t22-,23?,24-/m0/s1. The number of hydrogen-bond donors (Lipinski definition) is 5. The van der Waals surface area contributed by atoms with Gasteiger partial charge in [0.2, 0.25) is 17.7 Å². The number of nitrogens with one attached hydrogen (secondary N) is 3. The van der Waals surface area contributed by atoms with Gasteiger partial charge >= 0.3 is 6.09 Å². The first-order valence-electron chi connectivity index (χ1n) is 13.2.